The average Bonchev–Trinajstić information content (AvgIpc) is 2.34. The molecule has 1 aromatic rings. The standard InChI is InChI=1S/C12H18N2O3/c1-16-6-5-12(15)14-8-9-7-10(13)3-4-11(9)17-2/h3-4,7H,5-6,8,13H2,1-2H3,(H,14,15). The van der Waals surface area contributed by atoms with Crippen molar-refractivity contribution in [1.29, 1.82) is 0 Å². The summed E-state index contributed by atoms with van der Waals surface area (Å²) >= 11 is 0. The molecule has 0 saturated carbocycles. The van der Waals surface area contributed by atoms with E-state index in [0.717, 1.165) is 5.56 Å². The van der Waals surface area contributed by atoms with E-state index >= 15 is 0 Å². The smallest absolute Gasteiger partial charge is 0.222 e. The number of hydrogen-bond donors (Lipinski definition) is 2. The van der Waals surface area contributed by atoms with E-state index in [0.29, 0.717) is 31.0 Å². The van der Waals surface area contributed by atoms with Crippen LogP contribution in [-0.2, 0) is 16.1 Å². The third kappa shape index (κ3) is 4.32. The molecule has 0 aliphatic heterocycles. The van der Waals surface area contributed by atoms with Crippen LogP contribution in [0.2, 0.25) is 0 Å². The number of nitrogens with one attached hydrogen (secondary N) is 1. The number of hydrogen-bond acceptors (Lipinski definition) is 4. The minimum Gasteiger partial charge on any atom is -0.496 e. The highest BCUT2D eigenvalue weighted by Gasteiger charge is 2.05. The molecule has 0 radical (unpaired) electrons. The maximum absolute atomic E-state index is 11.4. The van der Waals surface area contributed by atoms with Gasteiger partial charge in [-0.1, -0.05) is 0 Å². The third-order valence-corrected chi connectivity index (χ3v) is 2.31. The fraction of sp³-hybridized carbons (Fsp3) is 0.417. The molecule has 3 N–H and O–H groups in total. The van der Waals surface area contributed by atoms with Crippen LogP contribution < -0.4 is 15.8 Å². The maximum Gasteiger partial charge on any atom is 0.222 e. The second-order valence-electron chi connectivity index (χ2n) is 3.59. The van der Waals surface area contributed by atoms with Crippen LogP contribution in [-0.4, -0.2) is 26.7 Å². The molecule has 0 unspecified atom stereocenters. The van der Waals surface area contributed by atoms with Gasteiger partial charge in [-0.15, -0.1) is 0 Å². The van der Waals surface area contributed by atoms with Gasteiger partial charge in [0.05, 0.1) is 13.7 Å². The zero-order chi connectivity index (χ0) is 12.7. The van der Waals surface area contributed by atoms with Crippen molar-refractivity contribution in [3.05, 3.63) is 23.8 Å². The molecule has 0 aliphatic rings. The Morgan fingerprint density at radius 3 is 2.82 bits per heavy atom. The first-order valence-electron chi connectivity index (χ1n) is 5.35. The number of carbonyl (C=O) groups is 1. The Labute approximate surface area is 101 Å². The van der Waals surface area contributed by atoms with Crippen LogP contribution in [0.15, 0.2) is 18.2 Å². The molecule has 1 rings (SSSR count). The van der Waals surface area contributed by atoms with E-state index < -0.39 is 0 Å². The maximum atomic E-state index is 11.4. The van der Waals surface area contributed by atoms with Crippen molar-refractivity contribution < 1.29 is 14.3 Å². The van der Waals surface area contributed by atoms with Crippen molar-refractivity contribution >= 4 is 11.6 Å². The molecule has 1 aromatic carbocycles. The number of rotatable bonds is 6. The third-order valence-electron chi connectivity index (χ3n) is 2.31. The Kier molecular flexibility index (Phi) is 5.29. The predicted octanol–water partition coefficient (Wildman–Crippen LogP) is 0.930. The fourth-order valence-electron chi connectivity index (χ4n) is 1.41. The molecule has 0 heterocycles. The molecule has 5 heteroatoms. The van der Waals surface area contributed by atoms with Gasteiger partial charge in [-0.3, -0.25) is 4.79 Å². The summed E-state index contributed by atoms with van der Waals surface area (Å²) in [4.78, 5) is 11.4. The molecule has 0 fully saturated rings. The van der Waals surface area contributed by atoms with Gasteiger partial charge in [0.2, 0.25) is 5.91 Å². The highest BCUT2D eigenvalue weighted by atomic mass is 16.5. The highest BCUT2D eigenvalue weighted by Crippen LogP contribution is 2.20. The Hall–Kier alpha value is -1.75. The van der Waals surface area contributed by atoms with Crippen molar-refractivity contribution in [1.82, 2.24) is 5.32 Å². The van der Waals surface area contributed by atoms with Gasteiger partial charge >= 0.3 is 0 Å². The first-order valence-corrected chi connectivity index (χ1v) is 5.35. The second kappa shape index (κ2) is 6.75. The SMILES string of the molecule is COCCC(=O)NCc1cc(N)ccc1OC. The summed E-state index contributed by atoms with van der Waals surface area (Å²) in [6.45, 7) is 0.816. The summed E-state index contributed by atoms with van der Waals surface area (Å²) in [5.74, 6) is 0.655. The summed E-state index contributed by atoms with van der Waals surface area (Å²) in [5, 5.41) is 2.78. The lowest BCUT2D eigenvalue weighted by atomic mass is 10.1. The van der Waals surface area contributed by atoms with Gasteiger partial charge in [0.1, 0.15) is 5.75 Å². The first kappa shape index (κ1) is 13.3. The zero-order valence-corrected chi connectivity index (χ0v) is 10.2. The molecule has 1 amide bonds. The summed E-state index contributed by atoms with van der Waals surface area (Å²) in [5.41, 5.74) is 7.19. The van der Waals surface area contributed by atoms with Crippen LogP contribution in [0, 0.1) is 0 Å². The fourth-order valence-corrected chi connectivity index (χ4v) is 1.41. The molecule has 0 atom stereocenters. The van der Waals surface area contributed by atoms with E-state index in [1.165, 1.54) is 0 Å². The molecule has 0 spiro atoms. The number of amides is 1. The second-order valence-corrected chi connectivity index (χ2v) is 3.59. The summed E-state index contributed by atoms with van der Waals surface area (Å²) in [6, 6.07) is 5.33. The van der Waals surface area contributed by atoms with E-state index in [9.17, 15) is 4.79 Å². The van der Waals surface area contributed by atoms with Gasteiger partial charge in [0, 0.05) is 31.3 Å². The lowest BCUT2D eigenvalue weighted by Gasteiger charge is -2.10. The van der Waals surface area contributed by atoms with Gasteiger partial charge in [-0.2, -0.15) is 0 Å². The van der Waals surface area contributed by atoms with Crippen molar-refractivity contribution in [3.8, 4) is 5.75 Å². The number of nitrogen functional groups attached to an aromatic ring is 1. The van der Waals surface area contributed by atoms with Crippen LogP contribution in [0.4, 0.5) is 5.69 Å². The number of ether oxygens (including phenoxy) is 2. The Morgan fingerprint density at radius 1 is 1.41 bits per heavy atom. The van der Waals surface area contributed by atoms with E-state index in [1.807, 2.05) is 0 Å². The average molecular weight is 238 g/mol. The number of anilines is 1. The Morgan fingerprint density at radius 2 is 2.18 bits per heavy atom. The van der Waals surface area contributed by atoms with E-state index in [-0.39, 0.29) is 5.91 Å². The quantitative estimate of drug-likeness (QED) is 0.723. The van der Waals surface area contributed by atoms with Crippen LogP contribution in [0.3, 0.4) is 0 Å². The van der Waals surface area contributed by atoms with Crippen molar-refractivity contribution in [2.75, 3.05) is 26.6 Å². The Bertz CT molecular complexity index is 380. The number of benzene rings is 1. The topological polar surface area (TPSA) is 73.6 Å². The van der Waals surface area contributed by atoms with Gasteiger partial charge in [0.25, 0.3) is 0 Å². The minimum atomic E-state index is -0.0590. The van der Waals surface area contributed by atoms with Crippen LogP contribution in [0.1, 0.15) is 12.0 Å². The lowest BCUT2D eigenvalue weighted by molar-refractivity contribution is -0.122. The van der Waals surface area contributed by atoms with Gasteiger partial charge in [-0.25, -0.2) is 0 Å². The molecule has 0 aliphatic carbocycles. The molecule has 0 aromatic heterocycles. The number of methoxy groups -OCH3 is 2. The van der Waals surface area contributed by atoms with Crippen molar-refractivity contribution in [2.45, 2.75) is 13.0 Å². The van der Waals surface area contributed by atoms with Crippen LogP contribution in [0.25, 0.3) is 0 Å². The summed E-state index contributed by atoms with van der Waals surface area (Å²) in [7, 11) is 3.15. The molecular weight excluding hydrogens is 220 g/mol. The van der Waals surface area contributed by atoms with Gasteiger partial charge < -0.3 is 20.5 Å². The summed E-state index contributed by atoms with van der Waals surface area (Å²) < 4.78 is 10.0. The largest absolute Gasteiger partial charge is 0.496 e. The molecule has 0 bridgehead atoms. The first-order chi connectivity index (χ1) is 8.17. The van der Waals surface area contributed by atoms with Crippen LogP contribution >= 0.6 is 0 Å². The number of nitrogens with two attached hydrogens (primary N) is 1. The zero-order valence-electron chi connectivity index (χ0n) is 10.2. The van der Waals surface area contributed by atoms with Crippen LogP contribution in [0.5, 0.6) is 5.75 Å². The summed E-state index contributed by atoms with van der Waals surface area (Å²) in [6.07, 6.45) is 0.348. The van der Waals surface area contributed by atoms with E-state index in [4.69, 9.17) is 15.2 Å². The predicted molar refractivity (Wildman–Crippen MR) is 65.7 cm³/mol. The lowest BCUT2D eigenvalue weighted by Crippen LogP contribution is -2.24. The van der Waals surface area contributed by atoms with E-state index in [1.54, 1.807) is 32.4 Å². The number of carbonyl (C=O) groups excluding carboxylic acids is 1. The molecule has 94 valence electrons. The molecule has 5 nitrogen and oxygen atoms in total. The molecule has 17 heavy (non-hydrogen) atoms. The Balaban J connectivity index is 2.56. The van der Waals surface area contributed by atoms with Crippen molar-refractivity contribution in [2.24, 2.45) is 0 Å². The minimum absolute atomic E-state index is 0.0590. The van der Waals surface area contributed by atoms with Gasteiger partial charge in [-0.05, 0) is 18.2 Å². The van der Waals surface area contributed by atoms with Gasteiger partial charge in [0.15, 0.2) is 0 Å². The molecular formula is C12H18N2O3. The monoisotopic (exact) mass is 238 g/mol. The van der Waals surface area contributed by atoms with Crippen molar-refractivity contribution in [3.63, 3.8) is 0 Å². The highest BCUT2D eigenvalue weighted by molar-refractivity contribution is 5.76. The normalized spacial score (nSPS) is 10.0. The van der Waals surface area contributed by atoms with E-state index in [2.05, 4.69) is 5.32 Å². The molecule has 0 saturated heterocycles.